The van der Waals surface area contributed by atoms with Crippen molar-refractivity contribution < 1.29 is 19.0 Å². The minimum Gasteiger partial charge on any atom is -0.465 e. The molecule has 6 heteroatoms. The van der Waals surface area contributed by atoms with Crippen molar-refractivity contribution in [3.63, 3.8) is 0 Å². The van der Waals surface area contributed by atoms with Crippen molar-refractivity contribution >= 4 is 5.97 Å². The number of ether oxygens (including phenoxy) is 1. The molecule has 96 valence electrons. The van der Waals surface area contributed by atoms with Gasteiger partial charge in [-0.3, -0.25) is 4.79 Å². The molecule has 0 bridgehead atoms. The minimum atomic E-state index is -1.35. The first kappa shape index (κ1) is 14.1. The summed E-state index contributed by atoms with van der Waals surface area (Å²) in [5.41, 5.74) is 5.48. The van der Waals surface area contributed by atoms with Crippen molar-refractivity contribution in [1.29, 1.82) is 5.26 Å². The molecule has 0 aliphatic carbocycles. The Balaban J connectivity index is 2.94. The fourth-order valence-corrected chi connectivity index (χ4v) is 1.39. The second-order valence-electron chi connectivity index (χ2n) is 3.57. The van der Waals surface area contributed by atoms with Crippen LogP contribution in [0.25, 0.3) is 0 Å². The maximum atomic E-state index is 13.1. The Hall–Kier alpha value is -1.97. The molecule has 2 atom stereocenters. The van der Waals surface area contributed by atoms with Crippen LogP contribution >= 0.6 is 0 Å². The summed E-state index contributed by atoms with van der Waals surface area (Å²) >= 11 is 0. The zero-order valence-corrected chi connectivity index (χ0v) is 9.76. The largest absolute Gasteiger partial charge is 0.465 e. The molecular weight excluding hydrogens is 239 g/mol. The maximum absolute atomic E-state index is 13.1. The van der Waals surface area contributed by atoms with Gasteiger partial charge in [-0.2, -0.15) is 5.26 Å². The van der Waals surface area contributed by atoms with E-state index >= 15 is 0 Å². The van der Waals surface area contributed by atoms with E-state index in [-0.39, 0.29) is 17.7 Å². The average Bonchev–Trinajstić information content (AvgIpc) is 2.38. The van der Waals surface area contributed by atoms with Crippen molar-refractivity contribution in [3.8, 4) is 6.07 Å². The van der Waals surface area contributed by atoms with E-state index < -0.39 is 23.9 Å². The van der Waals surface area contributed by atoms with Crippen molar-refractivity contribution in [2.24, 2.45) is 5.73 Å². The number of rotatable bonds is 4. The molecule has 0 aliphatic heterocycles. The van der Waals surface area contributed by atoms with Crippen LogP contribution in [0.5, 0.6) is 0 Å². The molecule has 1 rings (SSSR count). The smallest absolute Gasteiger partial charge is 0.325 e. The van der Waals surface area contributed by atoms with Crippen LogP contribution in [0.3, 0.4) is 0 Å². The summed E-state index contributed by atoms with van der Waals surface area (Å²) < 4.78 is 17.8. The number of hydrogen-bond donors (Lipinski definition) is 2. The highest BCUT2D eigenvalue weighted by molar-refractivity contribution is 5.76. The van der Waals surface area contributed by atoms with E-state index in [1.165, 1.54) is 6.07 Å². The van der Waals surface area contributed by atoms with E-state index in [0.717, 1.165) is 12.1 Å². The quantitative estimate of drug-likeness (QED) is 0.766. The first-order chi connectivity index (χ1) is 8.51. The number of nitriles is 1. The maximum Gasteiger partial charge on any atom is 0.325 e. The number of esters is 1. The standard InChI is InChI=1S/C12H13FN2O3/c1-2-18-12(17)10(15)11(16)7-3-4-9(13)8(5-7)6-14/h3-5,10-11,16H,2,15H2,1H3. The van der Waals surface area contributed by atoms with Gasteiger partial charge in [0.25, 0.3) is 0 Å². The SMILES string of the molecule is CCOC(=O)C(N)C(O)c1ccc(F)c(C#N)c1. The Morgan fingerprint density at radius 2 is 2.33 bits per heavy atom. The predicted molar refractivity (Wildman–Crippen MR) is 60.7 cm³/mol. The normalized spacial score (nSPS) is 13.5. The number of nitrogens with zero attached hydrogens (tertiary/aromatic N) is 1. The van der Waals surface area contributed by atoms with Crippen LogP contribution in [0.4, 0.5) is 4.39 Å². The number of carbonyl (C=O) groups excluding carboxylic acids is 1. The lowest BCUT2D eigenvalue weighted by Gasteiger charge is -2.17. The average molecular weight is 252 g/mol. The molecule has 3 N–H and O–H groups in total. The summed E-state index contributed by atoms with van der Waals surface area (Å²) in [4.78, 5) is 11.3. The van der Waals surface area contributed by atoms with Gasteiger partial charge >= 0.3 is 5.97 Å². The molecule has 0 spiro atoms. The zero-order chi connectivity index (χ0) is 13.7. The lowest BCUT2D eigenvalue weighted by Crippen LogP contribution is -2.38. The third-order valence-corrected chi connectivity index (χ3v) is 2.35. The van der Waals surface area contributed by atoms with Crippen molar-refractivity contribution in [2.75, 3.05) is 6.61 Å². The summed E-state index contributed by atoms with van der Waals surface area (Å²) in [6.07, 6.45) is -1.35. The van der Waals surface area contributed by atoms with Crippen LogP contribution < -0.4 is 5.73 Å². The summed E-state index contributed by atoms with van der Waals surface area (Å²) in [5.74, 6) is -1.45. The van der Waals surface area contributed by atoms with Crippen LogP contribution in [0, 0.1) is 17.1 Å². The highest BCUT2D eigenvalue weighted by Crippen LogP contribution is 2.19. The second kappa shape index (κ2) is 6.10. The lowest BCUT2D eigenvalue weighted by atomic mass is 10.0. The molecule has 0 amide bonds. The first-order valence-electron chi connectivity index (χ1n) is 5.31. The number of benzene rings is 1. The Kier molecular flexibility index (Phi) is 4.77. The monoisotopic (exact) mass is 252 g/mol. The van der Waals surface area contributed by atoms with Gasteiger partial charge in [-0.25, -0.2) is 4.39 Å². The molecule has 1 aromatic carbocycles. The van der Waals surface area contributed by atoms with Crippen molar-refractivity contribution in [2.45, 2.75) is 19.1 Å². The van der Waals surface area contributed by atoms with Crippen LogP contribution in [-0.4, -0.2) is 23.7 Å². The molecule has 18 heavy (non-hydrogen) atoms. The van der Waals surface area contributed by atoms with Gasteiger partial charge in [0.2, 0.25) is 0 Å². The fourth-order valence-electron chi connectivity index (χ4n) is 1.39. The molecule has 0 aliphatic rings. The minimum absolute atomic E-state index is 0.145. The molecule has 0 radical (unpaired) electrons. The molecule has 0 saturated carbocycles. The second-order valence-corrected chi connectivity index (χ2v) is 3.57. The number of carbonyl (C=O) groups is 1. The van der Waals surface area contributed by atoms with Crippen LogP contribution in [0.2, 0.25) is 0 Å². The van der Waals surface area contributed by atoms with Crippen molar-refractivity contribution in [3.05, 3.63) is 35.1 Å². The molecule has 2 unspecified atom stereocenters. The van der Waals surface area contributed by atoms with Gasteiger partial charge in [-0.05, 0) is 24.6 Å². The molecule has 0 saturated heterocycles. The Morgan fingerprint density at radius 1 is 1.67 bits per heavy atom. The molecule has 1 aromatic rings. The number of hydrogen-bond acceptors (Lipinski definition) is 5. The van der Waals surface area contributed by atoms with Gasteiger partial charge in [-0.15, -0.1) is 0 Å². The number of halogens is 1. The molecule has 0 heterocycles. The van der Waals surface area contributed by atoms with E-state index in [1.54, 1.807) is 13.0 Å². The van der Waals surface area contributed by atoms with Gasteiger partial charge in [0.05, 0.1) is 12.2 Å². The summed E-state index contributed by atoms with van der Waals surface area (Å²) in [7, 11) is 0. The lowest BCUT2D eigenvalue weighted by molar-refractivity contribution is -0.147. The summed E-state index contributed by atoms with van der Waals surface area (Å²) in [6, 6.07) is 3.82. The Morgan fingerprint density at radius 3 is 2.89 bits per heavy atom. The fraction of sp³-hybridized carbons (Fsp3) is 0.333. The highest BCUT2D eigenvalue weighted by Gasteiger charge is 2.25. The van der Waals surface area contributed by atoms with Crippen LogP contribution in [-0.2, 0) is 9.53 Å². The van der Waals surface area contributed by atoms with Crippen LogP contribution in [0.1, 0.15) is 24.2 Å². The van der Waals surface area contributed by atoms with Crippen LogP contribution in [0.15, 0.2) is 18.2 Å². The number of nitrogens with two attached hydrogens (primary N) is 1. The van der Waals surface area contributed by atoms with E-state index in [2.05, 4.69) is 4.74 Å². The number of aliphatic hydroxyl groups excluding tert-OH is 1. The molecular formula is C12H13FN2O3. The highest BCUT2D eigenvalue weighted by atomic mass is 19.1. The Bertz CT molecular complexity index is 485. The molecule has 5 nitrogen and oxygen atoms in total. The van der Waals surface area contributed by atoms with Gasteiger partial charge in [-0.1, -0.05) is 6.07 Å². The molecule has 0 aromatic heterocycles. The number of aliphatic hydroxyl groups is 1. The van der Waals surface area contributed by atoms with E-state index in [0.29, 0.717) is 0 Å². The van der Waals surface area contributed by atoms with E-state index in [9.17, 15) is 14.3 Å². The van der Waals surface area contributed by atoms with Gasteiger partial charge < -0.3 is 15.6 Å². The van der Waals surface area contributed by atoms with E-state index in [4.69, 9.17) is 11.0 Å². The first-order valence-corrected chi connectivity index (χ1v) is 5.31. The van der Waals surface area contributed by atoms with Gasteiger partial charge in [0, 0.05) is 0 Å². The molecule has 0 fully saturated rings. The third kappa shape index (κ3) is 3.03. The van der Waals surface area contributed by atoms with Gasteiger partial charge in [0.15, 0.2) is 0 Å². The Labute approximate surface area is 104 Å². The van der Waals surface area contributed by atoms with Gasteiger partial charge in [0.1, 0.15) is 24.0 Å². The topological polar surface area (TPSA) is 96.3 Å². The zero-order valence-electron chi connectivity index (χ0n) is 9.76. The predicted octanol–water partition coefficient (Wildman–Crippen LogP) is 0.621. The van der Waals surface area contributed by atoms with Crippen molar-refractivity contribution in [1.82, 2.24) is 0 Å². The van der Waals surface area contributed by atoms with E-state index in [1.807, 2.05) is 0 Å². The third-order valence-electron chi connectivity index (χ3n) is 2.35. The summed E-state index contributed by atoms with van der Waals surface area (Å²) in [6.45, 7) is 1.76. The summed E-state index contributed by atoms with van der Waals surface area (Å²) in [5, 5.41) is 18.5.